The summed E-state index contributed by atoms with van der Waals surface area (Å²) in [6.45, 7) is 2.21. The van der Waals surface area contributed by atoms with E-state index in [1.54, 1.807) is 0 Å². The van der Waals surface area contributed by atoms with Gasteiger partial charge in [-0.25, -0.2) is 0 Å². The van der Waals surface area contributed by atoms with E-state index >= 15 is 0 Å². The van der Waals surface area contributed by atoms with Gasteiger partial charge in [-0.15, -0.1) is 10.2 Å². The fraction of sp³-hybridized carbons (Fsp3) is 0.429. The molecule has 13 heavy (non-hydrogen) atoms. The van der Waals surface area contributed by atoms with E-state index in [0.717, 1.165) is 11.3 Å². The van der Waals surface area contributed by atoms with Crippen LogP contribution >= 0.6 is 23.4 Å². The SMILES string of the molecule is CC(=CCl)CSc1nnc(CN)o1. The fourth-order valence-electron chi connectivity index (χ4n) is 0.586. The third kappa shape index (κ3) is 3.38. The Balaban J connectivity index is 2.45. The second-order valence-corrected chi connectivity index (χ2v) is 3.55. The number of hydrogen-bond acceptors (Lipinski definition) is 5. The van der Waals surface area contributed by atoms with Crippen LogP contribution < -0.4 is 5.73 Å². The smallest absolute Gasteiger partial charge is 0.276 e. The molecule has 0 saturated heterocycles. The second kappa shape index (κ2) is 5.26. The van der Waals surface area contributed by atoms with Crippen molar-refractivity contribution in [3.05, 3.63) is 17.0 Å². The minimum atomic E-state index is 0.276. The maximum absolute atomic E-state index is 5.49. The molecule has 0 aliphatic heterocycles. The minimum Gasteiger partial charge on any atom is -0.415 e. The van der Waals surface area contributed by atoms with Crippen molar-refractivity contribution in [3.63, 3.8) is 0 Å². The molecule has 1 aromatic heterocycles. The van der Waals surface area contributed by atoms with Crippen LogP contribution in [0.15, 0.2) is 20.7 Å². The third-order valence-electron chi connectivity index (χ3n) is 1.23. The molecule has 0 fully saturated rings. The first-order valence-corrected chi connectivity index (χ1v) is 5.09. The zero-order valence-electron chi connectivity index (χ0n) is 7.16. The molecule has 0 spiro atoms. The van der Waals surface area contributed by atoms with Crippen molar-refractivity contribution < 1.29 is 4.42 Å². The molecule has 0 aromatic carbocycles. The Morgan fingerprint density at radius 2 is 2.46 bits per heavy atom. The predicted octanol–water partition coefficient (Wildman–Crippen LogP) is 1.76. The minimum absolute atomic E-state index is 0.276. The van der Waals surface area contributed by atoms with E-state index in [1.165, 1.54) is 17.3 Å². The maximum atomic E-state index is 5.49. The third-order valence-corrected chi connectivity index (χ3v) is 2.62. The van der Waals surface area contributed by atoms with E-state index < -0.39 is 0 Å². The molecule has 0 saturated carbocycles. The van der Waals surface area contributed by atoms with Crippen molar-refractivity contribution in [1.29, 1.82) is 0 Å². The number of thioether (sulfide) groups is 1. The summed E-state index contributed by atoms with van der Waals surface area (Å²) in [4.78, 5) is 0. The van der Waals surface area contributed by atoms with Gasteiger partial charge >= 0.3 is 0 Å². The van der Waals surface area contributed by atoms with Crippen molar-refractivity contribution >= 4 is 23.4 Å². The predicted molar refractivity (Wildman–Crippen MR) is 52.5 cm³/mol. The van der Waals surface area contributed by atoms with Gasteiger partial charge in [0, 0.05) is 11.3 Å². The lowest BCUT2D eigenvalue weighted by Crippen LogP contribution is -1.95. The standard InChI is InChI=1S/C7H10ClN3OS/c1-5(2-8)4-13-7-11-10-6(3-9)12-7/h2H,3-4,9H2,1H3. The molecule has 0 aliphatic rings. The van der Waals surface area contributed by atoms with E-state index in [2.05, 4.69) is 10.2 Å². The first-order valence-electron chi connectivity index (χ1n) is 3.67. The van der Waals surface area contributed by atoms with Crippen LogP contribution in [0.4, 0.5) is 0 Å². The van der Waals surface area contributed by atoms with E-state index in [4.69, 9.17) is 21.8 Å². The number of rotatable bonds is 4. The van der Waals surface area contributed by atoms with Gasteiger partial charge in [0.15, 0.2) is 0 Å². The largest absolute Gasteiger partial charge is 0.415 e. The monoisotopic (exact) mass is 219 g/mol. The van der Waals surface area contributed by atoms with Gasteiger partial charge in [0.1, 0.15) is 0 Å². The van der Waals surface area contributed by atoms with Crippen molar-refractivity contribution in [3.8, 4) is 0 Å². The number of aromatic nitrogens is 2. The highest BCUT2D eigenvalue weighted by molar-refractivity contribution is 7.99. The van der Waals surface area contributed by atoms with Crippen molar-refractivity contribution in [1.82, 2.24) is 10.2 Å². The number of nitrogens with two attached hydrogens (primary N) is 1. The van der Waals surface area contributed by atoms with Gasteiger partial charge < -0.3 is 10.2 Å². The lowest BCUT2D eigenvalue weighted by atomic mass is 10.4. The molecule has 0 radical (unpaired) electrons. The fourth-order valence-corrected chi connectivity index (χ4v) is 1.44. The molecule has 1 aromatic rings. The Bertz CT molecular complexity index is 300. The Morgan fingerprint density at radius 1 is 1.69 bits per heavy atom. The van der Waals surface area contributed by atoms with Crippen LogP contribution in [-0.4, -0.2) is 16.0 Å². The Labute approximate surface area is 85.5 Å². The second-order valence-electron chi connectivity index (χ2n) is 2.41. The topological polar surface area (TPSA) is 64.9 Å². The summed E-state index contributed by atoms with van der Waals surface area (Å²) >= 11 is 6.93. The van der Waals surface area contributed by atoms with E-state index in [9.17, 15) is 0 Å². The molecule has 0 bridgehead atoms. The Morgan fingerprint density at radius 3 is 3.00 bits per heavy atom. The quantitative estimate of drug-likeness (QED) is 0.782. The molecule has 0 aliphatic carbocycles. The average molecular weight is 220 g/mol. The first-order chi connectivity index (χ1) is 6.26. The zero-order valence-corrected chi connectivity index (χ0v) is 8.73. The summed E-state index contributed by atoms with van der Waals surface area (Å²) in [7, 11) is 0. The summed E-state index contributed by atoms with van der Waals surface area (Å²) < 4.78 is 5.17. The van der Waals surface area contributed by atoms with Crippen molar-refractivity contribution in [2.45, 2.75) is 18.7 Å². The molecule has 6 heteroatoms. The van der Waals surface area contributed by atoms with Gasteiger partial charge in [-0.1, -0.05) is 28.9 Å². The van der Waals surface area contributed by atoms with Crippen LogP contribution in [-0.2, 0) is 6.54 Å². The number of halogens is 1. The van der Waals surface area contributed by atoms with Gasteiger partial charge in [0.2, 0.25) is 5.89 Å². The van der Waals surface area contributed by atoms with Gasteiger partial charge in [0.05, 0.1) is 6.54 Å². The molecule has 0 atom stereocenters. The average Bonchev–Trinajstić information content (AvgIpc) is 2.61. The van der Waals surface area contributed by atoms with Crippen LogP contribution in [0.25, 0.3) is 0 Å². The molecule has 4 nitrogen and oxygen atoms in total. The molecule has 2 N–H and O–H groups in total. The molecule has 0 amide bonds. The van der Waals surface area contributed by atoms with E-state index in [0.29, 0.717) is 11.1 Å². The maximum Gasteiger partial charge on any atom is 0.276 e. The molecule has 0 unspecified atom stereocenters. The lowest BCUT2D eigenvalue weighted by molar-refractivity contribution is 0.415. The van der Waals surface area contributed by atoms with Gasteiger partial charge in [0.25, 0.3) is 5.22 Å². The number of nitrogens with zero attached hydrogens (tertiary/aromatic N) is 2. The van der Waals surface area contributed by atoms with Crippen LogP contribution in [0.2, 0.25) is 0 Å². The normalized spacial score (nSPS) is 12.1. The highest BCUT2D eigenvalue weighted by Crippen LogP contribution is 2.18. The van der Waals surface area contributed by atoms with Gasteiger partial charge in [-0.3, -0.25) is 0 Å². The first kappa shape index (κ1) is 10.6. The van der Waals surface area contributed by atoms with Crippen LogP contribution in [0.5, 0.6) is 0 Å². The van der Waals surface area contributed by atoms with Crippen LogP contribution in [0.1, 0.15) is 12.8 Å². The van der Waals surface area contributed by atoms with E-state index in [-0.39, 0.29) is 6.54 Å². The molecule has 1 heterocycles. The molecule has 72 valence electrons. The van der Waals surface area contributed by atoms with E-state index in [1.807, 2.05) is 6.92 Å². The van der Waals surface area contributed by atoms with Gasteiger partial charge in [-0.2, -0.15) is 0 Å². The van der Waals surface area contributed by atoms with Crippen molar-refractivity contribution in [2.75, 3.05) is 5.75 Å². The Hall–Kier alpha value is -0.520. The summed E-state index contributed by atoms with van der Waals surface area (Å²) in [6.07, 6.45) is 0. The summed E-state index contributed by atoms with van der Waals surface area (Å²) in [6, 6.07) is 0. The highest BCUT2D eigenvalue weighted by Gasteiger charge is 2.04. The zero-order chi connectivity index (χ0) is 9.68. The molecular formula is C7H10ClN3OS. The van der Waals surface area contributed by atoms with Crippen LogP contribution in [0, 0.1) is 0 Å². The summed E-state index contributed by atoms with van der Waals surface area (Å²) in [5.41, 5.74) is 7.90. The summed E-state index contributed by atoms with van der Waals surface area (Å²) in [5.74, 6) is 1.20. The number of hydrogen-bond donors (Lipinski definition) is 1. The summed E-state index contributed by atoms with van der Waals surface area (Å²) in [5, 5.41) is 8.04. The lowest BCUT2D eigenvalue weighted by Gasteiger charge is -1.93. The molecule has 1 rings (SSSR count). The Kier molecular flexibility index (Phi) is 4.27. The molecular weight excluding hydrogens is 210 g/mol. The van der Waals surface area contributed by atoms with Crippen molar-refractivity contribution in [2.24, 2.45) is 5.73 Å². The van der Waals surface area contributed by atoms with Crippen LogP contribution in [0.3, 0.4) is 0 Å². The highest BCUT2D eigenvalue weighted by atomic mass is 35.5. The van der Waals surface area contributed by atoms with Gasteiger partial charge in [-0.05, 0) is 6.92 Å².